The van der Waals surface area contributed by atoms with Gasteiger partial charge in [0.1, 0.15) is 0 Å². The van der Waals surface area contributed by atoms with E-state index in [-0.39, 0.29) is 17.3 Å². The first-order valence-electron chi connectivity index (χ1n) is 11.2. The second-order valence-electron chi connectivity index (χ2n) is 8.75. The monoisotopic (exact) mass is 435 g/mol. The maximum absolute atomic E-state index is 12.8. The molecule has 2 N–H and O–H groups in total. The SMILES string of the molecule is O=C(NC[C@@H]([C@@H]1CCOC1)N1CCCC1)Nc1cccc(S(=O)(=O)C2CCCC2)c1. The van der Waals surface area contributed by atoms with Gasteiger partial charge in [0.25, 0.3) is 0 Å². The summed E-state index contributed by atoms with van der Waals surface area (Å²) in [4.78, 5) is 15.3. The summed E-state index contributed by atoms with van der Waals surface area (Å²) in [5.74, 6) is 0.447. The zero-order chi connectivity index (χ0) is 21.0. The van der Waals surface area contributed by atoms with Crippen LogP contribution in [0.4, 0.5) is 10.5 Å². The summed E-state index contributed by atoms with van der Waals surface area (Å²) in [6.45, 7) is 4.27. The molecule has 0 bridgehead atoms. The molecule has 7 nitrogen and oxygen atoms in total. The van der Waals surface area contributed by atoms with E-state index in [0.29, 0.717) is 23.0 Å². The number of hydrogen-bond acceptors (Lipinski definition) is 5. The van der Waals surface area contributed by atoms with Crippen LogP contribution in [-0.4, -0.2) is 63.5 Å². The normalized spacial score (nSPS) is 24.2. The minimum atomic E-state index is -3.34. The van der Waals surface area contributed by atoms with Gasteiger partial charge in [-0.3, -0.25) is 4.90 Å². The number of carbonyl (C=O) groups is 1. The summed E-state index contributed by atoms with van der Waals surface area (Å²) in [5, 5.41) is 5.52. The number of benzene rings is 1. The summed E-state index contributed by atoms with van der Waals surface area (Å²) in [7, 11) is -3.34. The van der Waals surface area contributed by atoms with E-state index in [4.69, 9.17) is 4.74 Å². The molecule has 166 valence electrons. The highest BCUT2D eigenvalue weighted by atomic mass is 32.2. The Bertz CT molecular complexity index is 811. The van der Waals surface area contributed by atoms with Crippen molar-refractivity contribution < 1.29 is 17.9 Å². The lowest BCUT2D eigenvalue weighted by atomic mass is 9.97. The molecule has 0 spiro atoms. The summed E-state index contributed by atoms with van der Waals surface area (Å²) in [6.07, 6.45) is 6.83. The second-order valence-corrected chi connectivity index (χ2v) is 11.0. The van der Waals surface area contributed by atoms with Crippen molar-refractivity contribution >= 4 is 21.6 Å². The van der Waals surface area contributed by atoms with E-state index in [0.717, 1.165) is 58.4 Å². The fourth-order valence-corrected chi connectivity index (χ4v) is 6.94. The van der Waals surface area contributed by atoms with Crippen LogP contribution in [0.15, 0.2) is 29.2 Å². The minimum Gasteiger partial charge on any atom is -0.381 e. The number of amides is 2. The van der Waals surface area contributed by atoms with Crippen molar-refractivity contribution in [1.82, 2.24) is 10.2 Å². The number of hydrogen-bond donors (Lipinski definition) is 2. The van der Waals surface area contributed by atoms with Crippen LogP contribution in [0.3, 0.4) is 0 Å². The molecule has 1 aromatic carbocycles. The van der Waals surface area contributed by atoms with E-state index >= 15 is 0 Å². The average Bonchev–Trinajstić information content (AvgIpc) is 3.51. The van der Waals surface area contributed by atoms with Gasteiger partial charge in [0.2, 0.25) is 0 Å². The van der Waals surface area contributed by atoms with Crippen molar-refractivity contribution in [2.45, 2.75) is 61.1 Å². The molecule has 8 heteroatoms. The number of sulfone groups is 1. The first-order valence-corrected chi connectivity index (χ1v) is 12.8. The molecule has 2 aliphatic heterocycles. The van der Waals surface area contributed by atoms with E-state index in [9.17, 15) is 13.2 Å². The van der Waals surface area contributed by atoms with Crippen molar-refractivity contribution in [2.24, 2.45) is 5.92 Å². The Morgan fingerprint density at radius 1 is 1.13 bits per heavy atom. The topological polar surface area (TPSA) is 87.7 Å². The molecule has 3 fully saturated rings. The number of ether oxygens (including phenoxy) is 1. The third-order valence-corrected chi connectivity index (χ3v) is 9.01. The van der Waals surface area contributed by atoms with E-state index in [1.807, 2.05) is 0 Å². The van der Waals surface area contributed by atoms with Crippen LogP contribution in [-0.2, 0) is 14.6 Å². The fourth-order valence-electron chi connectivity index (χ4n) is 5.04. The van der Waals surface area contributed by atoms with E-state index in [1.54, 1.807) is 24.3 Å². The molecular weight excluding hydrogens is 402 g/mol. The lowest BCUT2D eigenvalue weighted by Gasteiger charge is -2.32. The van der Waals surface area contributed by atoms with Gasteiger partial charge in [-0.15, -0.1) is 0 Å². The smallest absolute Gasteiger partial charge is 0.319 e. The molecule has 0 unspecified atom stereocenters. The largest absolute Gasteiger partial charge is 0.381 e. The number of carbonyl (C=O) groups excluding carboxylic acids is 1. The average molecular weight is 436 g/mol. The van der Waals surface area contributed by atoms with Crippen molar-refractivity contribution in [2.75, 3.05) is 38.2 Å². The molecule has 1 aromatic rings. The third-order valence-electron chi connectivity index (χ3n) is 6.75. The van der Waals surface area contributed by atoms with Crippen LogP contribution in [0.5, 0.6) is 0 Å². The van der Waals surface area contributed by atoms with E-state index < -0.39 is 9.84 Å². The Morgan fingerprint density at radius 3 is 2.60 bits per heavy atom. The number of anilines is 1. The van der Waals surface area contributed by atoms with E-state index in [1.165, 1.54) is 12.8 Å². The van der Waals surface area contributed by atoms with Crippen LogP contribution < -0.4 is 10.6 Å². The Morgan fingerprint density at radius 2 is 1.90 bits per heavy atom. The fraction of sp³-hybridized carbons (Fsp3) is 0.682. The standard InChI is InChI=1S/C22H33N3O4S/c26-22(23-15-21(17-10-13-29-16-17)25-11-3-4-12-25)24-18-6-5-9-20(14-18)30(27,28)19-7-1-2-8-19/h5-6,9,14,17,19,21H,1-4,7-8,10-13,15-16H2,(H2,23,24,26)/t17-,21+/m1/s1. The molecule has 4 rings (SSSR count). The summed E-state index contributed by atoms with van der Waals surface area (Å²) in [5.41, 5.74) is 0.508. The number of rotatable bonds is 7. The number of nitrogens with zero attached hydrogens (tertiary/aromatic N) is 1. The van der Waals surface area contributed by atoms with Crippen LogP contribution in [0.2, 0.25) is 0 Å². The number of likely N-dealkylation sites (tertiary alicyclic amines) is 1. The van der Waals surface area contributed by atoms with Crippen LogP contribution in [0.25, 0.3) is 0 Å². The quantitative estimate of drug-likeness (QED) is 0.687. The minimum absolute atomic E-state index is 0.287. The summed E-state index contributed by atoms with van der Waals surface area (Å²) >= 11 is 0. The molecular formula is C22H33N3O4S. The highest BCUT2D eigenvalue weighted by Gasteiger charge is 2.32. The third kappa shape index (κ3) is 4.98. The van der Waals surface area contributed by atoms with Crippen molar-refractivity contribution in [3.05, 3.63) is 24.3 Å². The number of nitrogens with one attached hydrogen (secondary N) is 2. The van der Waals surface area contributed by atoms with Gasteiger partial charge in [0.15, 0.2) is 9.84 Å². The first kappa shape index (κ1) is 21.6. The zero-order valence-electron chi connectivity index (χ0n) is 17.5. The molecule has 1 saturated carbocycles. The van der Waals surface area contributed by atoms with Gasteiger partial charge in [0, 0.05) is 30.8 Å². The lowest BCUT2D eigenvalue weighted by molar-refractivity contribution is 0.135. The van der Waals surface area contributed by atoms with Gasteiger partial charge in [-0.25, -0.2) is 13.2 Å². The molecule has 0 radical (unpaired) electrons. The van der Waals surface area contributed by atoms with Crippen molar-refractivity contribution in [3.63, 3.8) is 0 Å². The van der Waals surface area contributed by atoms with Gasteiger partial charge < -0.3 is 15.4 Å². The molecule has 3 aliphatic rings. The highest BCUT2D eigenvalue weighted by Crippen LogP contribution is 2.30. The molecule has 0 aromatic heterocycles. The second kappa shape index (κ2) is 9.66. The Kier molecular flexibility index (Phi) is 6.95. The van der Waals surface area contributed by atoms with Gasteiger partial charge >= 0.3 is 6.03 Å². The summed E-state index contributed by atoms with van der Waals surface area (Å²) in [6, 6.07) is 6.62. The van der Waals surface area contributed by atoms with Crippen LogP contribution in [0.1, 0.15) is 44.9 Å². The van der Waals surface area contributed by atoms with Crippen molar-refractivity contribution in [1.29, 1.82) is 0 Å². The molecule has 2 atom stereocenters. The predicted octanol–water partition coefficient (Wildman–Crippen LogP) is 3.03. The first-order chi connectivity index (χ1) is 14.5. The Labute approximate surface area is 179 Å². The Hall–Kier alpha value is -1.64. The van der Waals surface area contributed by atoms with Gasteiger partial charge in [0.05, 0.1) is 16.8 Å². The van der Waals surface area contributed by atoms with Crippen LogP contribution in [0, 0.1) is 5.92 Å². The van der Waals surface area contributed by atoms with Gasteiger partial charge in [-0.2, -0.15) is 0 Å². The van der Waals surface area contributed by atoms with Gasteiger partial charge in [-0.1, -0.05) is 18.9 Å². The van der Waals surface area contributed by atoms with Crippen molar-refractivity contribution in [3.8, 4) is 0 Å². The summed E-state index contributed by atoms with van der Waals surface area (Å²) < 4.78 is 31.2. The molecule has 2 heterocycles. The molecule has 1 aliphatic carbocycles. The van der Waals surface area contributed by atoms with Gasteiger partial charge in [-0.05, 0) is 63.4 Å². The maximum Gasteiger partial charge on any atom is 0.319 e. The Balaban J connectivity index is 1.36. The molecule has 2 amide bonds. The molecule has 30 heavy (non-hydrogen) atoms. The molecule has 2 saturated heterocycles. The maximum atomic E-state index is 12.8. The van der Waals surface area contributed by atoms with Crippen LogP contribution >= 0.6 is 0 Å². The zero-order valence-corrected chi connectivity index (χ0v) is 18.3. The van der Waals surface area contributed by atoms with E-state index in [2.05, 4.69) is 15.5 Å². The lowest BCUT2D eigenvalue weighted by Crippen LogP contribution is -2.48. The highest BCUT2D eigenvalue weighted by molar-refractivity contribution is 7.92. The number of urea groups is 1. The predicted molar refractivity (Wildman–Crippen MR) is 116 cm³/mol.